The van der Waals surface area contributed by atoms with Gasteiger partial charge in [-0.3, -0.25) is 9.59 Å². The zero-order valence-electron chi connectivity index (χ0n) is 12.1. The number of nitrogens with zero attached hydrogens (tertiary/aromatic N) is 2. The highest BCUT2D eigenvalue weighted by molar-refractivity contribution is 5.78. The molecule has 0 aliphatic carbocycles. The first-order valence-corrected chi connectivity index (χ1v) is 7.09. The average Bonchev–Trinajstić information content (AvgIpc) is 2.47. The van der Waals surface area contributed by atoms with Gasteiger partial charge >= 0.3 is 0 Å². The lowest BCUT2D eigenvalue weighted by molar-refractivity contribution is -0.138. The van der Waals surface area contributed by atoms with Crippen molar-refractivity contribution in [2.45, 2.75) is 13.3 Å². The molecule has 1 heterocycles. The lowest BCUT2D eigenvalue weighted by atomic mass is 10.2. The molecule has 2 rings (SSSR count). The van der Waals surface area contributed by atoms with Gasteiger partial charge in [0.15, 0.2) is 0 Å². The second-order valence-corrected chi connectivity index (χ2v) is 5.07. The summed E-state index contributed by atoms with van der Waals surface area (Å²) in [5.74, 6) is -0.191. The maximum atomic E-state index is 13.0. The van der Waals surface area contributed by atoms with Crippen molar-refractivity contribution in [1.82, 2.24) is 9.80 Å². The molecule has 114 valence electrons. The molecular formula is C15H20FN3O2. The molecule has 1 aromatic carbocycles. The molecule has 0 bridgehead atoms. The fourth-order valence-corrected chi connectivity index (χ4v) is 2.34. The van der Waals surface area contributed by atoms with E-state index in [0.29, 0.717) is 44.8 Å². The van der Waals surface area contributed by atoms with Crippen molar-refractivity contribution in [2.24, 2.45) is 0 Å². The van der Waals surface area contributed by atoms with Gasteiger partial charge in [0, 0.05) is 51.8 Å². The first-order chi connectivity index (χ1) is 10.1. The SMILES string of the molecule is CC(=O)N1CCN(C(=O)CCNc2cccc(F)c2)CC1. The van der Waals surface area contributed by atoms with Crippen LogP contribution in [0.3, 0.4) is 0 Å². The Hall–Kier alpha value is -2.11. The molecule has 1 aliphatic rings. The van der Waals surface area contributed by atoms with Gasteiger partial charge in [-0.2, -0.15) is 0 Å². The fraction of sp³-hybridized carbons (Fsp3) is 0.467. The van der Waals surface area contributed by atoms with Crippen molar-refractivity contribution in [3.05, 3.63) is 30.1 Å². The van der Waals surface area contributed by atoms with Crippen LogP contribution < -0.4 is 5.32 Å². The second-order valence-electron chi connectivity index (χ2n) is 5.07. The van der Waals surface area contributed by atoms with Crippen molar-refractivity contribution >= 4 is 17.5 Å². The topological polar surface area (TPSA) is 52.7 Å². The number of hydrogen-bond donors (Lipinski definition) is 1. The molecule has 2 amide bonds. The smallest absolute Gasteiger partial charge is 0.224 e. The first kappa shape index (κ1) is 15.3. The zero-order chi connectivity index (χ0) is 15.2. The van der Waals surface area contributed by atoms with Gasteiger partial charge in [-0.25, -0.2) is 4.39 Å². The van der Waals surface area contributed by atoms with E-state index in [2.05, 4.69) is 5.32 Å². The number of anilines is 1. The summed E-state index contributed by atoms with van der Waals surface area (Å²) < 4.78 is 13.0. The molecule has 6 heteroatoms. The summed E-state index contributed by atoms with van der Waals surface area (Å²) in [4.78, 5) is 26.8. The van der Waals surface area contributed by atoms with Crippen LogP contribution in [0.4, 0.5) is 10.1 Å². The van der Waals surface area contributed by atoms with Crippen LogP contribution >= 0.6 is 0 Å². The molecule has 21 heavy (non-hydrogen) atoms. The number of benzene rings is 1. The van der Waals surface area contributed by atoms with Gasteiger partial charge in [0.05, 0.1) is 0 Å². The molecule has 1 saturated heterocycles. The predicted octanol–water partition coefficient (Wildman–Crippen LogP) is 1.32. The Balaban J connectivity index is 1.72. The van der Waals surface area contributed by atoms with E-state index in [1.165, 1.54) is 12.1 Å². The maximum absolute atomic E-state index is 13.0. The Labute approximate surface area is 123 Å². The summed E-state index contributed by atoms with van der Waals surface area (Å²) >= 11 is 0. The van der Waals surface area contributed by atoms with E-state index >= 15 is 0 Å². The normalized spacial score (nSPS) is 15.0. The fourth-order valence-electron chi connectivity index (χ4n) is 2.34. The van der Waals surface area contributed by atoms with Crippen LogP contribution in [0.5, 0.6) is 0 Å². The lowest BCUT2D eigenvalue weighted by Gasteiger charge is -2.34. The van der Waals surface area contributed by atoms with E-state index in [9.17, 15) is 14.0 Å². The van der Waals surface area contributed by atoms with Gasteiger partial charge in [-0.1, -0.05) is 6.07 Å². The molecule has 0 aromatic heterocycles. The van der Waals surface area contributed by atoms with E-state index in [0.717, 1.165) is 0 Å². The summed E-state index contributed by atoms with van der Waals surface area (Å²) in [5.41, 5.74) is 0.671. The molecule has 0 radical (unpaired) electrons. The highest BCUT2D eigenvalue weighted by Gasteiger charge is 2.21. The van der Waals surface area contributed by atoms with Crippen molar-refractivity contribution < 1.29 is 14.0 Å². The van der Waals surface area contributed by atoms with Crippen LogP contribution in [0.25, 0.3) is 0 Å². The van der Waals surface area contributed by atoms with E-state index in [-0.39, 0.29) is 17.6 Å². The number of carbonyl (C=O) groups is 2. The number of halogens is 1. The monoisotopic (exact) mass is 293 g/mol. The van der Waals surface area contributed by atoms with Gasteiger partial charge in [0.2, 0.25) is 11.8 Å². The maximum Gasteiger partial charge on any atom is 0.224 e. The first-order valence-electron chi connectivity index (χ1n) is 7.09. The van der Waals surface area contributed by atoms with Gasteiger partial charge in [0.25, 0.3) is 0 Å². The largest absolute Gasteiger partial charge is 0.384 e. The summed E-state index contributed by atoms with van der Waals surface area (Å²) in [5, 5.41) is 3.03. The standard InChI is InChI=1S/C15H20FN3O2/c1-12(20)18-7-9-19(10-8-18)15(21)5-6-17-14-4-2-3-13(16)11-14/h2-4,11,17H,5-10H2,1H3. The van der Waals surface area contributed by atoms with Crippen LogP contribution in [0.2, 0.25) is 0 Å². The molecule has 0 atom stereocenters. The van der Waals surface area contributed by atoms with E-state index in [4.69, 9.17) is 0 Å². The number of carbonyl (C=O) groups excluding carboxylic acids is 2. The predicted molar refractivity (Wildman–Crippen MR) is 78.3 cm³/mol. The molecule has 1 fully saturated rings. The number of piperazine rings is 1. The molecule has 0 unspecified atom stereocenters. The molecule has 1 aliphatic heterocycles. The minimum absolute atomic E-state index is 0.0508. The van der Waals surface area contributed by atoms with Gasteiger partial charge in [0.1, 0.15) is 5.82 Å². The minimum Gasteiger partial charge on any atom is -0.384 e. The molecule has 1 aromatic rings. The number of rotatable bonds is 4. The van der Waals surface area contributed by atoms with Crippen LogP contribution in [-0.2, 0) is 9.59 Å². The Morgan fingerprint density at radius 1 is 1.19 bits per heavy atom. The average molecular weight is 293 g/mol. The Kier molecular flexibility index (Phi) is 5.14. The van der Waals surface area contributed by atoms with Crippen LogP contribution in [0, 0.1) is 5.82 Å². The van der Waals surface area contributed by atoms with Gasteiger partial charge in [-0.15, -0.1) is 0 Å². The number of amides is 2. The summed E-state index contributed by atoms with van der Waals surface area (Å²) in [6.45, 7) is 4.36. The number of nitrogens with one attached hydrogen (secondary N) is 1. The number of hydrogen-bond acceptors (Lipinski definition) is 3. The third-order valence-corrected chi connectivity index (χ3v) is 3.57. The summed E-state index contributed by atoms with van der Waals surface area (Å²) in [6.07, 6.45) is 0.358. The Morgan fingerprint density at radius 3 is 2.48 bits per heavy atom. The van der Waals surface area contributed by atoms with Crippen LogP contribution in [0.1, 0.15) is 13.3 Å². The van der Waals surface area contributed by atoms with Gasteiger partial charge < -0.3 is 15.1 Å². The summed E-state index contributed by atoms with van der Waals surface area (Å²) in [7, 11) is 0. The van der Waals surface area contributed by atoms with E-state index < -0.39 is 0 Å². The van der Waals surface area contributed by atoms with Gasteiger partial charge in [-0.05, 0) is 18.2 Å². The lowest BCUT2D eigenvalue weighted by Crippen LogP contribution is -2.50. The van der Waals surface area contributed by atoms with Crippen LogP contribution in [0.15, 0.2) is 24.3 Å². The van der Waals surface area contributed by atoms with E-state index in [1.54, 1.807) is 28.9 Å². The highest BCUT2D eigenvalue weighted by Crippen LogP contribution is 2.09. The van der Waals surface area contributed by atoms with Crippen molar-refractivity contribution in [2.75, 3.05) is 38.0 Å². The summed E-state index contributed by atoms with van der Waals surface area (Å²) in [6, 6.07) is 6.17. The highest BCUT2D eigenvalue weighted by atomic mass is 19.1. The molecule has 0 saturated carbocycles. The van der Waals surface area contributed by atoms with Crippen LogP contribution in [-0.4, -0.2) is 54.3 Å². The quantitative estimate of drug-likeness (QED) is 0.911. The molecular weight excluding hydrogens is 273 g/mol. The Morgan fingerprint density at radius 2 is 1.86 bits per heavy atom. The third kappa shape index (κ3) is 4.44. The zero-order valence-corrected chi connectivity index (χ0v) is 12.1. The second kappa shape index (κ2) is 7.06. The third-order valence-electron chi connectivity index (χ3n) is 3.57. The van der Waals surface area contributed by atoms with Crippen molar-refractivity contribution in [3.8, 4) is 0 Å². The van der Waals surface area contributed by atoms with Crippen molar-refractivity contribution in [3.63, 3.8) is 0 Å². The molecule has 0 spiro atoms. The molecule has 5 nitrogen and oxygen atoms in total. The molecule has 1 N–H and O–H groups in total. The van der Waals surface area contributed by atoms with E-state index in [1.807, 2.05) is 0 Å². The Bertz CT molecular complexity index is 513. The minimum atomic E-state index is -0.299. The van der Waals surface area contributed by atoms with Crippen molar-refractivity contribution in [1.29, 1.82) is 0 Å².